The summed E-state index contributed by atoms with van der Waals surface area (Å²) in [6.07, 6.45) is 51.5. The van der Waals surface area contributed by atoms with Crippen molar-refractivity contribution in [2.75, 3.05) is 6.61 Å². The standard InChI is InChI=1S/C44H85NO3/c1-3-5-7-9-11-13-15-16-17-18-19-20-21-22-23-24-25-26-27-28-30-31-33-35-37-39-43(47)42(41-46)45-44(48)40-38-36-34-32-29-14-12-10-8-6-4-2/h30-31,37,39,42-43,46-47H,3-29,32-36,38,40-41H2,1-2H3,(H,45,48)/b31-30+,39-37+. The minimum atomic E-state index is -0.857. The summed E-state index contributed by atoms with van der Waals surface area (Å²) in [4.78, 5) is 12.3. The summed E-state index contributed by atoms with van der Waals surface area (Å²) in [6, 6.07) is -0.633. The number of carbonyl (C=O) groups is 1. The fraction of sp³-hybridized carbons (Fsp3) is 0.886. The summed E-state index contributed by atoms with van der Waals surface area (Å²) >= 11 is 0. The van der Waals surface area contributed by atoms with Crippen molar-refractivity contribution in [2.24, 2.45) is 0 Å². The Labute approximate surface area is 300 Å². The normalized spacial score (nSPS) is 13.2. The van der Waals surface area contributed by atoms with Crippen LogP contribution in [0.15, 0.2) is 24.3 Å². The Kier molecular flexibility index (Phi) is 39.4. The van der Waals surface area contributed by atoms with Crippen LogP contribution in [0.3, 0.4) is 0 Å². The number of rotatable bonds is 39. The van der Waals surface area contributed by atoms with Crippen molar-refractivity contribution >= 4 is 5.91 Å². The van der Waals surface area contributed by atoms with Gasteiger partial charge in [-0.15, -0.1) is 0 Å². The number of allylic oxidation sites excluding steroid dienone is 3. The van der Waals surface area contributed by atoms with Gasteiger partial charge in [0.1, 0.15) is 0 Å². The van der Waals surface area contributed by atoms with Gasteiger partial charge >= 0.3 is 0 Å². The first-order valence-corrected chi connectivity index (χ1v) is 21.6. The molecular weight excluding hydrogens is 590 g/mol. The molecule has 0 saturated heterocycles. The lowest BCUT2D eigenvalue weighted by molar-refractivity contribution is -0.123. The molecule has 4 nitrogen and oxygen atoms in total. The highest BCUT2D eigenvalue weighted by Gasteiger charge is 2.17. The molecule has 0 rings (SSSR count). The third-order valence-corrected chi connectivity index (χ3v) is 9.94. The van der Waals surface area contributed by atoms with Gasteiger partial charge in [-0.1, -0.05) is 218 Å². The predicted molar refractivity (Wildman–Crippen MR) is 212 cm³/mol. The lowest BCUT2D eigenvalue weighted by Crippen LogP contribution is -2.45. The van der Waals surface area contributed by atoms with E-state index in [1.807, 2.05) is 6.08 Å². The number of unbranched alkanes of at least 4 members (excludes halogenated alkanes) is 30. The SMILES string of the molecule is CCCCCCCCCCCCCCCCCCCCC/C=C/CC/C=C/C(O)C(CO)NC(=O)CCCCCCCCCCCCC. The highest BCUT2D eigenvalue weighted by molar-refractivity contribution is 5.76. The smallest absolute Gasteiger partial charge is 0.220 e. The van der Waals surface area contributed by atoms with Crippen LogP contribution < -0.4 is 5.32 Å². The zero-order valence-electron chi connectivity index (χ0n) is 32.5. The molecule has 0 aliphatic carbocycles. The zero-order valence-corrected chi connectivity index (χ0v) is 32.5. The highest BCUT2D eigenvalue weighted by Crippen LogP contribution is 2.15. The van der Waals surface area contributed by atoms with Gasteiger partial charge in [0.15, 0.2) is 0 Å². The third kappa shape index (κ3) is 36.2. The summed E-state index contributed by atoms with van der Waals surface area (Å²) in [7, 11) is 0. The lowest BCUT2D eigenvalue weighted by atomic mass is 10.0. The van der Waals surface area contributed by atoms with E-state index in [-0.39, 0.29) is 12.5 Å². The monoisotopic (exact) mass is 676 g/mol. The van der Waals surface area contributed by atoms with Crippen molar-refractivity contribution in [1.29, 1.82) is 0 Å². The molecule has 0 aliphatic heterocycles. The molecule has 0 saturated carbocycles. The van der Waals surface area contributed by atoms with Crippen LogP contribution in [0.25, 0.3) is 0 Å². The molecular formula is C44H85NO3. The average molecular weight is 676 g/mol. The van der Waals surface area contributed by atoms with Crippen LogP contribution in [0.5, 0.6) is 0 Å². The van der Waals surface area contributed by atoms with Gasteiger partial charge in [0.25, 0.3) is 0 Å². The summed E-state index contributed by atoms with van der Waals surface area (Å²) in [5.41, 5.74) is 0. The van der Waals surface area contributed by atoms with Crippen molar-refractivity contribution in [3.05, 3.63) is 24.3 Å². The summed E-state index contributed by atoms with van der Waals surface area (Å²) in [5.74, 6) is -0.0739. The molecule has 0 heterocycles. The minimum absolute atomic E-state index is 0.0739. The Balaban J connectivity index is 3.54. The van der Waals surface area contributed by atoms with Crippen molar-refractivity contribution in [3.8, 4) is 0 Å². The van der Waals surface area contributed by atoms with E-state index in [1.165, 1.54) is 180 Å². The van der Waals surface area contributed by atoms with E-state index in [0.717, 1.165) is 32.1 Å². The van der Waals surface area contributed by atoms with Gasteiger partial charge in [0, 0.05) is 6.42 Å². The Hall–Kier alpha value is -1.13. The molecule has 1 amide bonds. The molecule has 48 heavy (non-hydrogen) atoms. The van der Waals surface area contributed by atoms with Crippen molar-refractivity contribution in [3.63, 3.8) is 0 Å². The molecule has 0 bridgehead atoms. The number of aliphatic hydroxyl groups is 2. The van der Waals surface area contributed by atoms with Crippen LogP contribution in [-0.4, -0.2) is 34.9 Å². The summed E-state index contributed by atoms with van der Waals surface area (Å²) in [6.45, 7) is 4.30. The molecule has 284 valence electrons. The lowest BCUT2D eigenvalue weighted by Gasteiger charge is -2.19. The number of hydrogen-bond donors (Lipinski definition) is 3. The third-order valence-electron chi connectivity index (χ3n) is 9.94. The number of aliphatic hydroxyl groups excluding tert-OH is 2. The van der Waals surface area contributed by atoms with Crippen LogP contribution in [0.4, 0.5) is 0 Å². The molecule has 0 radical (unpaired) electrons. The van der Waals surface area contributed by atoms with Gasteiger partial charge < -0.3 is 15.5 Å². The number of carbonyl (C=O) groups excluding carboxylic acids is 1. The van der Waals surface area contributed by atoms with Crippen LogP contribution in [0.2, 0.25) is 0 Å². The Morgan fingerprint density at radius 2 is 0.812 bits per heavy atom. The maximum atomic E-state index is 12.3. The van der Waals surface area contributed by atoms with Crippen molar-refractivity contribution in [2.45, 2.75) is 244 Å². The van der Waals surface area contributed by atoms with Crippen LogP contribution >= 0.6 is 0 Å². The largest absolute Gasteiger partial charge is 0.394 e. The van der Waals surface area contributed by atoms with E-state index in [4.69, 9.17) is 0 Å². The van der Waals surface area contributed by atoms with E-state index in [2.05, 4.69) is 31.3 Å². The quantitative estimate of drug-likeness (QED) is 0.0448. The minimum Gasteiger partial charge on any atom is -0.394 e. The molecule has 0 aromatic carbocycles. The Morgan fingerprint density at radius 1 is 0.479 bits per heavy atom. The average Bonchev–Trinajstić information content (AvgIpc) is 3.09. The van der Waals surface area contributed by atoms with Gasteiger partial charge in [0.2, 0.25) is 5.91 Å². The molecule has 4 heteroatoms. The molecule has 0 aromatic heterocycles. The van der Waals surface area contributed by atoms with E-state index in [9.17, 15) is 15.0 Å². The maximum absolute atomic E-state index is 12.3. The first-order valence-electron chi connectivity index (χ1n) is 21.6. The molecule has 2 atom stereocenters. The second-order valence-electron chi connectivity index (χ2n) is 14.8. The Morgan fingerprint density at radius 3 is 1.21 bits per heavy atom. The summed E-state index contributed by atoms with van der Waals surface area (Å²) in [5, 5.41) is 22.9. The highest BCUT2D eigenvalue weighted by atomic mass is 16.3. The topological polar surface area (TPSA) is 69.6 Å². The first-order chi connectivity index (χ1) is 23.7. The van der Waals surface area contributed by atoms with Gasteiger partial charge in [-0.05, 0) is 32.1 Å². The second-order valence-corrected chi connectivity index (χ2v) is 14.8. The number of amides is 1. The predicted octanol–water partition coefficient (Wildman–Crippen LogP) is 13.2. The van der Waals surface area contributed by atoms with Gasteiger partial charge in [-0.3, -0.25) is 4.79 Å². The molecule has 0 aromatic rings. The Bertz CT molecular complexity index is 691. The van der Waals surface area contributed by atoms with E-state index >= 15 is 0 Å². The molecule has 0 spiro atoms. The van der Waals surface area contributed by atoms with Crippen LogP contribution in [0, 0.1) is 0 Å². The van der Waals surface area contributed by atoms with Gasteiger partial charge in [0.05, 0.1) is 18.8 Å². The van der Waals surface area contributed by atoms with Crippen LogP contribution in [0.1, 0.15) is 232 Å². The fourth-order valence-corrected chi connectivity index (χ4v) is 6.61. The number of nitrogens with one attached hydrogen (secondary N) is 1. The van der Waals surface area contributed by atoms with E-state index < -0.39 is 12.1 Å². The van der Waals surface area contributed by atoms with Gasteiger partial charge in [-0.2, -0.15) is 0 Å². The molecule has 0 fully saturated rings. The van der Waals surface area contributed by atoms with Crippen LogP contribution in [-0.2, 0) is 4.79 Å². The molecule has 3 N–H and O–H groups in total. The fourth-order valence-electron chi connectivity index (χ4n) is 6.61. The van der Waals surface area contributed by atoms with E-state index in [1.54, 1.807) is 6.08 Å². The summed E-state index contributed by atoms with van der Waals surface area (Å²) < 4.78 is 0. The second kappa shape index (κ2) is 40.3. The zero-order chi connectivity index (χ0) is 35.0. The van der Waals surface area contributed by atoms with Crippen molar-refractivity contribution < 1.29 is 15.0 Å². The first kappa shape index (κ1) is 46.9. The van der Waals surface area contributed by atoms with E-state index in [0.29, 0.717) is 6.42 Å². The molecule has 2 unspecified atom stereocenters. The van der Waals surface area contributed by atoms with Crippen molar-refractivity contribution in [1.82, 2.24) is 5.32 Å². The maximum Gasteiger partial charge on any atom is 0.220 e. The molecule has 0 aliphatic rings. The van der Waals surface area contributed by atoms with Gasteiger partial charge in [-0.25, -0.2) is 0 Å². The number of hydrogen-bond acceptors (Lipinski definition) is 3.